The number of fused-ring (bicyclic) bond motifs is 1. The first-order valence-corrected chi connectivity index (χ1v) is 4.76. The molecule has 0 atom stereocenters. The summed E-state index contributed by atoms with van der Waals surface area (Å²) in [5, 5.41) is 2.29. The molecule has 0 saturated carbocycles. The van der Waals surface area contributed by atoms with Crippen LogP contribution in [0.15, 0.2) is 40.9 Å². The highest BCUT2D eigenvalue weighted by atomic mass is 79.9. The highest BCUT2D eigenvalue weighted by molar-refractivity contribution is 9.10. The summed E-state index contributed by atoms with van der Waals surface area (Å²) in [6.07, 6.45) is 0. The Bertz CT molecular complexity index is 445. The maximum atomic E-state index is 5.40. The van der Waals surface area contributed by atoms with Crippen molar-refractivity contribution in [1.29, 1.82) is 0 Å². The summed E-state index contributed by atoms with van der Waals surface area (Å²) in [4.78, 5) is 0. The number of nitrogen functional groups attached to an aromatic ring is 1. The van der Waals surface area contributed by atoms with Gasteiger partial charge in [-0.2, -0.15) is 0 Å². The highest BCUT2D eigenvalue weighted by Crippen LogP contribution is 2.28. The Labute approximate surface area is 97.0 Å². The van der Waals surface area contributed by atoms with E-state index in [0.29, 0.717) is 0 Å². The molecule has 2 aromatic rings. The van der Waals surface area contributed by atoms with Gasteiger partial charge in [-0.3, -0.25) is 5.84 Å². The zero-order chi connectivity index (χ0) is 9.26. The number of anilines is 1. The average molecular weight is 274 g/mol. The van der Waals surface area contributed by atoms with Gasteiger partial charge in [0.05, 0.1) is 5.69 Å². The van der Waals surface area contributed by atoms with Crippen LogP contribution in [0.2, 0.25) is 0 Å². The molecule has 0 radical (unpaired) electrons. The van der Waals surface area contributed by atoms with Crippen molar-refractivity contribution in [1.82, 2.24) is 0 Å². The third-order valence-corrected chi connectivity index (χ3v) is 2.72. The average Bonchev–Trinajstić information content (AvgIpc) is 2.18. The first-order valence-electron chi connectivity index (χ1n) is 3.97. The predicted octanol–water partition coefficient (Wildman–Crippen LogP) is 3.31. The maximum Gasteiger partial charge on any atom is 0.0563 e. The lowest BCUT2D eigenvalue weighted by atomic mass is 10.1. The lowest BCUT2D eigenvalue weighted by Gasteiger charge is -2.05. The Hall–Kier alpha value is -0.770. The van der Waals surface area contributed by atoms with Crippen molar-refractivity contribution in [2.75, 3.05) is 5.43 Å². The minimum absolute atomic E-state index is 0. The van der Waals surface area contributed by atoms with E-state index in [1.54, 1.807) is 0 Å². The number of hydrazine groups is 1. The van der Waals surface area contributed by atoms with Gasteiger partial charge in [0.15, 0.2) is 0 Å². The van der Waals surface area contributed by atoms with E-state index in [1.165, 1.54) is 0 Å². The molecular formula is C10H10BrClN2. The number of halogens is 2. The van der Waals surface area contributed by atoms with Crippen molar-refractivity contribution in [3.8, 4) is 0 Å². The summed E-state index contributed by atoms with van der Waals surface area (Å²) in [6.45, 7) is 0. The lowest BCUT2D eigenvalue weighted by Crippen LogP contribution is -2.06. The summed E-state index contributed by atoms with van der Waals surface area (Å²) in [7, 11) is 0. The molecule has 2 aromatic carbocycles. The SMILES string of the molecule is Cl.NNc1cccc2c(Br)cccc12. The second kappa shape index (κ2) is 4.64. The largest absolute Gasteiger partial charge is 0.324 e. The van der Waals surface area contributed by atoms with E-state index >= 15 is 0 Å². The molecule has 0 heterocycles. The quantitative estimate of drug-likeness (QED) is 0.618. The second-order valence-corrected chi connectivity index (χ2v) is 3.64. The molecule has 0 saturated heterocycles. The fourth-order valence-corrected chi connectivity index (χ4v) is 1.90. The molecule has 0 aliphatic heterocycles. The van der Waals surface area contributed by atoms with Gasteiger partial charge < -0.3 is 5.43 Å². The molecule has 0 amide bonds. The molecule has 0 aromatic heterocycles. The van der Waals surface area contributed by atoms with Gasteiger partial charge in [0, 0.05) is 9.86 Å². The monoisotopic (exact) mass is 272 g/mol. The van der Waals surface area contributed by atoms with Gasteiger partial charge in [-0.25, -0.2) is 0 Å². The molecule has 0 aliphatic rings. The van der Waals surface area contributed by atoms with Crippen LogP contribution in [-0.2, 0) is 0 Å². The number of nitrogens with two attached hydrogens (primary N) is 1. The molecule has 2 nitrogen and oxygen atoms in total. The molecule has 3 N–H and O–H groups in total. The van der Waals surface area contributed by atoms with Crippen LogP contribution in [0.3, 0.4) is 0 Å². The molecule has 14 heavy (non-hydrogen) atoms. The minimum Gasteiger partial charge on any atom is -0.324 e. The van der Waals surface area contributed by atoms with Gasteiger partial charge in [-0.1, -0.05) is 40.2 Å². The fraction of sp³-hybridized carbons (Fsp3) is 0. The number of benzene rings is 2. The molecule has 0 aliphatic carbocycles. The molecule has 74 valence electrons. The first kappa shape index (κ1) is 11.3. The Morgan fingerprint density at radius 1 is 1.00 bits per heavy atom. The van der Waals surface area contributed by atoms with Crippen molar-refractivity contribution in [3.05, 3.63) is 40.9 Å². The molecule has 2 rings (SSSR count). The molecule has 4 heteroatoms. The smallest absolute Gasteiger partial charge is 0.0563 e. The highest BCUT2D eigenvalue weighted by Gasteiger charge is 2.00. The van der Waals surface area contributed by atoms with Crippen molar-refractivity contribution in [2.45, 2.75) is 0 Å². The summed E-state index contributed by atoms with van der Waals surface area (Å²) in [6, 6.07) is 12.0. The van der Waals surface area contributed by atoms with Gasteiger partial charge >= 0.3 is 0 Å². The summed E-state index contributed by atoms with van der Waals surface area (Å²) >= 11 is 3.49. The van der Waals surface area contributed by atoms with Gasteiger partial charge in [0.2, 0.25) is 0 Å². The molecular weight excluding hydrogens is 263 g/mol. The number of hydrogen-bond donors (Lipinski definition) is 2. The van der Waals surface area contributed by atoms with Crippen LogP contribution in [0.1, 0.15) is 0 Å². The topological polar surface area (TPSA) is 38.0 Å². The van der Waals surface area contributed by atoms with Crippen LogP contribution in [0.5, 0.6) is 0 Å². The van der Waals surface area contributed by atoms with E-state index in [0.717, 1.165) is 20.9 Å². The van der Waals surface area contributed by atoms with Crippen LogP contribution in [0.25, 0.3) is 10.8 Å². The molecule has 0 fully saturated rings. The Balaban J connectivity index is 0.000000980. The van der Waals surface area contributed by atoms with Crippen molar-refractivity contribution in [3.63, 3.8) is 0 Å². The summed E-state index contributed by atoms with van der Waals surface area (Å²) in [5.41, 5.74) is 3.62. The number of nitrogens with one attached hydrogen (secondary N) is 1. The van der Waals surface area contributed by atoms with E-state index in [1.807, 2.05) is 30.3 Å². The van der Waals surface area contributed by atoms with E-state index in [9.17, 15) is 0 Å². The fourth-order valence-electron chi connectivity index (χ4n) is 1.40. The first-order chi connectivity index (χ1) is 6.33. The van der Waals surface area contributed by atoms with Gasteiger partial charge in [0.25, 0.3) is 0 Å². The van der Waals surface area contributed by atoms with Crippen LogP contribution in [0.4, 0.5) is 5.69 Å². The lowest BCUT2D eigenvalue weighted by molar-refractivity contribution is 1.37. The van der Waals surface area contributed by atoms with Gasteiger partial charge in [-0.05, 0) is 17.5 Å². The van der Waals surface area contributed by atoms with E-state index < -0.39 is 0 Å². The summed E-state index contributed by atoms with van der Waals surface area (Å²) < 4.78 is 1.09. The van der Waals surface area contributed by atoms with Crippen LogP contribution < -0.4 is 11.3 Å². The van der Waals surface area contributed by atoms with Crippen molar-refractivity contribution >= 4 is 44.8 Å². The zero-order valence-corrected chi connectivity index (χ0v) is 9.73. The third kappa shape index (κ3) is 1.85. The number of hydrogen-bond acceptors (Lipinski definition) is 2. The number of rotatable bonds is 1. The van der Waals surface area contributed by atoms with Gasteiger partial charge in [0.1, 0.15) is 0 Å². The zero-order valence-electron chi connectivity index (χ0n) is 7.33. The normalized spacial score (nSPS) is 9.57. The van der Waals surface area contributed by atoms with Crippen molar-refractivity contribution < 1.29 is 0 Å². The molecule has 0 bridgehead atoms. The third-order valence-electron chi connectivity index (χ3n) is 2.02. The maximum absolute atomic E-state index is 5.40. The van der Waals surface area contributed by atoms with Crippen LogP contribution in [0, 0.1) is 0 Å². The van der Waals surface area contributed by atoms with E-state index in [2.05, 4.69) is 27.4 Å². The van der Waals surface area contributed by atoms with E-state index in [-0.39, 0.29) is 12.4 Å². The Morgan fingerprint density at radius 3 is 2.36 bits per heavy atom. The van der Waals surface area contributed by atoms with Crippen molar-refractivity contribution in [2.24, 2.45) is 5.84 Å². The second-order valence-electron chi connectivity index (χ2n) is 2.78. The Kier molecular flexibility index (Phi) is 3.75. The standard InChI is InChI=1S/C10H9BrN2.ClH/c11-9-5-1-4-8-7(9)3-2-6-10(8)13-12;/h1-6,13H,12H2;1H. The predicted molar refractivity (Wildman–Crippen MR) is 66.7 cm³/mol. The van der Waals surface area contributed by atoms with Crippen LogP contribution in [-0.4, -0.2) is 0 Å². The Morgan fingerprint density at radius 2 is 1.64 bits per heavy atom. The molecule has 0 unspecified atom stereocenters. The minimum atomic E-state index is 0. The summed E-state index contributed by atoms with van der Waals surface area (Å²) in [5.74, 6) is 5.40. The van der Waals surface area contributed by atoms with Gasteiger partial charge in [-0.15, -0.1) is 12.4 Å². The van der Waals surface area contributed by atoms with E-state index in [4.69, 9.17) is 5.84 Å². The van der Waals surface area contributed by atoms with Crippen LogP contribution >= 0.6 is 28.3 Å². The molecule has 0 spiro atoms.